The second-order valence-electron chi connectivity index (χ2n) is 7.97. The largest absolute Gasteiger partial charge is 0.161 e. The zero-order valence-corrected chi connectivity index (χ0v) is 19.8. The first-order chi connectivity index (χ1) is 9.44. The molecule has 2 heteroatoms. The van der Waals surface area contributed by atoms with Crippen LogP contribution in [0.1, 0.15) is 69.2 Å². The Kier molecular flexibility index (Phi) is 7.09. The molecule has 0 radical (unpaired) electrons. The summed E-state index contributed by atoms with van der Waals surface area (Å²) in [5.41, 5.74) is 12.2. The van der Waals surface area contributed by atoms with Gasteiger partial charge < -0.3 is 0 Å². The summed E-state index contributed by atoms with van der Waals surface area (Å²) in [7, 11) is 0. The summed E-state index contributed by atoms with van der Waals surface area (Å²) in [6.45, 7) is 23.1. The molecule has 0 amide bonds. The number of hydrogen-bond acceptors (Lipinski definition) is 0. The summed E-state index contributed by atoms with van der Waals surface area (Å²) in [5.74, 6) is 0. The molecule has 0 saturated heterocycles. The van der Waals surface area contributed by atoms with Crippen LogP contribution in [0.4, 0.5) is 0 Å². The Morgan fingerprint density at radius 1 is 0.565 bits per heavy atom. The number of rotatable bonds is 2. The van der Waals surface area contributed by atoms with Crippen molar-refractivity contribution in [2.45, 2.75) is 69.2 Å². The van der Waals surface area contributed by atoms with E-state index in [2.05, 4.69) is 75.7 Å². The maximum atomic E-state index is 2.49. The Hall–Kier alpha value is 0.00312. The molecule has 0 atom stereocenters. The van der Waals surface area contributed by atoms with E-state index in [1.165, 1.54) is 44.6 Å². The molecule has 2 aliphatic carbocycles. The molecule has 128 valence electrons. The topological polar surface area (TPSA) is 0 Å². The van der Waals surface area contributed by atoms with Gasteiger partial charge in [0.25, 0.3) is 0 Å². The Bertz CT molecular complexity index is 581. The van der Waals surface area contributed by atoms with Gasteiger partial charge in [-0.2, -0.15) is 6.42 Å². The molecule has 0 heterocycles. The number of halogens is 1. The molecule has 0 N–H and O–H groups in total. The summed E-state index contributed by atoms with van der Waals surface area (Å²) in [6, 6.07) is 0. The Balaban J connectivity index is 0.00000242. The average molecular weight is 411 g/mol. The summed E-state index contributed by atoms with van der Waals surface area (Å²) in [6.07, 6.45) is 2.49. The van der Waals surface area contributed by atoms with Crippen molar-refractivity contribution in [1.29, 1.82) is 0 Å². The molecule has 23 heavy (non-hydrogen) atoms. The fourth-order valence-electron chi connectivity index (χ4n) is 3.97. The first-order valence-corrected chi connectivity index (χ1v) is 8.08. The normalized spacial score (nSPS) is 22.5. The molecule has 2 aliphatic rings. The van der Waals surface area contributed by atoms with E-state index in [-0.39, 0.29) is 49.4 Å². The van der Waals surface area contributed by atoms with Crippen molar-refractivity contribution >= 4 is 12.4 Å². The maximum Gasteiger partial charge on any atom is 0 e. The number of hydrogen-bond donors (Lipinski definition) is 0. The summed E-state index contributed by atoms with van der Waals surface area (Å²) in [4.78, 5) is 0. The molecular formula is C21H32ClZr-. The molecule has 0 saturated carbocycles. The minimum atomic E-state index is 0. The van der Waals surface area contributed by atoms with Crippen LogP contribution in [0.3, 0.4) is 0 Å². The van der Waals surface area contributed by atoms with E-state index in [1.54, 1.807) is 0 Å². The fourth-order valence-corrected chi connectivity index (χ4v) is 3.97. The van der Waals surface area contributed by atoms with Crippen molar-refractivity contribution in [3.05, 3.63) is 51.0 Å². The van der Waals surface area contributed by atoms with E-state index in [1.807, 2.05) is 0 Å². The first-order valence-electron chi connectivity index (χ1n) is 8.08. The Labute approximate surface area is 169 Å². The van der Waals surface area contributed by atoms with Crippen molar-refractivity contribution in [2.75, 3.05) is 0 Å². The van der Waals surface area contributed by atoms with Gasteiger partial charge in [-0.1, -0.05) is 66.5 Å². The van der Waals surface area contributed by atoms with Gasteiger partial charge in [-0.15, -0.1) is 45.8 Å². The SMILES string of the molecule is CC1=C(C)C(C)(C)C([CH-]C2=C(C)C(C)=C(C)C2(C)C)=C1C.Cl.[Zr]. The molecular weight excluding hydrogens is 379 g/mol. The van der Waals surface area contributed by atoms with Gasteiger partial charge in [0.1, 0.15) is 0 Å². The molecule has 0 aliphatic heterocycles. The van der Waals surface area contributed by atoms with Gasteiger partial charge in [-0.05, 0) is 24.7 Å². The standard InChI is InChI=1S/C21H31.ClH.Zr/c1-12-14(3)18(20(7,8)16(12)5)11-19-15(4)13(2)17(6)21(19,9)10;;/h11H,1-10H3;1H;/q-1;;. The van der Waals surface area contributed by atoms with Crippen LogP contribution in [0.5, 0.6) is 0 Å². The zero-order chi connectivity index (χ0) is 16.3. The molecule has 0 fully saturated rings. The van der Waals surface area contributed by atoms with Crippen LogP contribution in [-0.4, -0.2) is 0 Å². The smallest absolute Gasteiger partial charge is 0 e. The Morgan fingerprint density at radius 2 is 0.826 bits per heavy atom. The van der Waals surface area contributed by atoms with Crippen molar-refractivity contribution < 1.29 is 26.2 Å². The van der Waals surface area contributed by atoms with Gasteiger partial charge in [0.2, 0.25) is 0 Å². The van der Waals surface area contributed by atoms with Crippen LogP contribution in [0.2, 0.25) is 0 Å². The van der Waals surface area contributed by atoms with E-state index in [9.17, 15) is 0 Å². The minimum absolute atomic E-state index is 0. The quantitative estimate of drug-likeness (QED) is 0.430. The van der Waals surface area contributed by atoms with Crippen LogP contribution in [0, 0.1) is 17.3 Å². The van der Waals surface area contributed by atoms with E-state index in [0.717, 1.165) is 0 Å². The van der Waals surface area contributed by atoms with Crippen molar-refractivity contribution in [3.63, 3.8) is 0 Å². The summed E-state index contributed by atoms with van der Waals surface area (Å²) >= 11 is 0. The molecule has 2 rings (SSSR count). The fraction of sp³-hybridized carbons (Fsp3) is 0.571. The third-order valence-corrected chi connectivity index (χ3v) is 6.57. The van der Waals surface area contributed by atoms with Crippen LogP contribution in [0.25, 0.3) is 0 Å². The van der Waals surface area contributed by atoms with E-state index < -0.39 is 0 Å². The second kappa shape index (κ2) is 7.09. The van der Waals surface area contributed by atoms with Crippen molar-refractivity contribution in [3.8, 4) is 0 Å². The summed E-state index contributed by atoms with van der Waals surface area (Å²) in [5, 5.41) is 0. The van der Waals surface area contributed by atoms with Crippen LogP contribution in [0.15, 0.2) is 44.6 Å². The van der Waals surface area contributed by atoms with Crippen LogP contribution < -0.4 is 0 Å². The second-order valence-corrected chi connectivity index (χ2v) is 7.97. The third kappa shape index (κ3) is 3.26. The minimum Gasteiger partial charge on any atom is -0.161 e. The Morgan fingerprint density at radius 3 is 1.00 bits per heavy atom. The maximum absolute atomic E-state index is 2.49. The third-order valence-electron chi connectivity index (χ3n) is 6.57. The van der Waals surface area contributed by atoms with Gasteiger partial charge in [0, 0.05) is 26.2 Å². The monoisotopic (exact) mass is 409 g/mol. The van der Waals surface area contributed by atoms with Gasteiger partial charge >= 0.3 is 0 Å². The molecule has 0 spiro atoms. The van der Waals surface area contributed by atoms with Gasteiger partial charge in [0.15, 0.2) is 0 Å². The first kappa shape index (κ1) is 23.0. The van der Waals surface area contributed by atoms with Gasteiger partial charge in [-0.25, -0.2) is 0 Å². The van der Waals surface area contributed by atoms with E-state index in [4.69, 9.17) is 0 Å². The zero-order valence-electron chi connectivity index (χ0n) is 16.5. The van der Waals surface area contributed by atoms with Gasteiger partial charge in [0.05, 0.1) is 0 Å². The molecule has 0 unspecified atom stereocenters. The van der Waals surface area contributed by atoms with Gasteiger partial charge in [-0.3, -0.25) is 0 Å². The molecule has 0 aromatic heterocycles. The van der Waals surface area contributed by atoms with Crippen LogP contribution >= 0.6 is 12.4 Å². The predicted octanol–water partition coefficient (Wildman–Crippen LogP) is 7.00. The van der Waals surface area contributed by atoms with E-state index in [0.29, 0.717) is 0 Å². The molecule has 0 aromatic rings. The number of allylic oxidation sites excluding steroid dienone is 8. The predicted molar refractivity (Wildman–Crippen MR) is 101 cm³/mol. The molecule has 0 nitrogen and oxygen atoms in total. The molecule has 0 bridgehead atoms. The van der Waals surface area contributed by atoms with E-state index >= 15 is 0 Å². The van der Waals surface area contributed by atoms with Crippen LogP contribution in [-0.2, 0) is 26.2 Å². The summed E-state index contributed by atoms with van der Waals surface area (Å²) < 4.78 is 0. The van der Waals surface area contributed by atoms with Crippen molar-refractivity contribution in [2.24, 2.45) is 10.8 Å². The van der Waals surface area contributed by atoms with Crippen molar-refractivity contribution in [1.82, 2.24) is 0 Å². The molecule has 0 aromatic carbocycles. The average Bonchev–Trinajstić information content (AvgIpc) is 2.63.